The number of alkyl halides is 3. The molecule has 1 aliphatic rings. The average Bonchev–Trinajstić information content (AvgIpc) is 2.37. The van der Waals surface area contributed by atoms with Gasteiger partial charge in [0.25, 0.3) is 5.69 Å². The number of halogens is 3. The van der Waals surface area contributed by atoms with Gasteiger partial charge in [0, 0.05) is 30.5 Å². The lowest BCUT2D eigenvalue weighted by Crippen LogP contribution is -2.33. The van der Waals surface area contributed by atoms with E-state index in [1.807, 2.05) is 6.92 Å². The fourth-order valence-electron chi connectivity index (χ4n) is 2.36. The van der Waals surface area contributed by atoms with E-state index in [1.54, 1.807) is 0 Å². The summed E-state index contributed by atoms with van der Waals surface area (Å²) in [4.78, 5) is 9.79. The molecule has 0 saturated carbocycles. The number of benzene rings is 1. The van der Waals surface area contributed by atoms with Gasteiger partial charge in [-0.15, -0.1) is 0 Å². The second-order valence-corrected chi connectivity index (χ2v) is 5.03. The Morgan fingerprint density at radius 1 is 1.43 bits per heavy atom. The first kappa shape index (κ1) is 15.6. The Morgan fingerprint density at radius 3 is 2.71 bits per heavy atom. The van der Waals surface area contributed by atoms with E-state index >= 15 is 0 Å². The average molecular weight is 304 g/mol. The van der Waals surface area contributed by atoms with Crippen LogP contribution in [0.5, 0.6) is 0 Å². The number of nitro groups is 1. The Hall–Kier alpha value is -1.83. The molecule has 21 heavy (non-hydrogen) atoms. The van der Waals surface area contributed by atoms with E-state index in [4.69, 9.17) is 4.74 Å². The van der Waals surface area contributed by atoms with E-state index < -0.39 is 22.4 Å². The summed E-state index contributed by atoms with van der Waals surface area (Å²) in [7, 11) is 0. The Morgan fingerprint density at radius 2 is 2.14 bits per heavy atom. The largest absolute Gasteiger partial charge is 0.418 e. The standard InChI is InChI=1S/C13H15F3N2O3/c1-8-6-9(4-5-21-8)17-12-3-2-10(18(19)20)7-11(12)13(14,15)16/h2-3,7-9,17H,4-6H2,1H3. The van der Waals surface area contributed by atoms with Gasteiger partial charge in [-0.3, -0.25) is 10.1 Å². The van der Waals surface area contributed by atoms with Crippen LogP contribution in [0.2, 0.25) is 0 Å². The Kier molecular flexibility index (Phi) is 4.36. The maximum atomic E-state index is 13.0. The minimum absolute atomic E-state index is 0.0244. The van der Waals surface area contributed by atoms with Crippen LogP contribution >= 0.6 is 0 Å². The highest BCUT2D eigenvalue weighted by atomic mass is 19.4. The number of hydrogen-bond acceptors (Lipinski definition) is 4. The summed E-state index contributed by atoms with van der Waals surface area (Å²) in [5.74, 6) is 0. The Bertz CT molecular complexity index is 534. The van der Waals surface area contributed by atoms with Crippen molar-refractivity contribution in [1.29, 1.82) is 0 Å². The van der Waals surface area contributed by atoms with Crippen molar-refractivity contribution in [3.63, 3.8) is 0 Å². The molecule has 2 unspecified atom stereocenters. The maximum absolute atomic E-state index is 13.0. The van der Waals surface area contributed by atoms with E-state index in [2.05, 4.69) is 5.32 Å². The molecular formula is C13H15F3N2O3. The van der Waals surface area contributed by atoms with Crippen molar-refractivity contribution in [3.8, 4) is 0 Å². The molecule has 1 fully saturated rings. The molecular weight excluding hydrogens is 289 g/mol. The van der Waals surface area contributed by atoms with Gasteiger partial charge in [0.2, 0.25) is 0 Å². The minimum atomic E-state index is -4.65. The lowest BCUT2D eigenvalue weighted by molar-refractivity contribution is -0.385. The topological polar surface area (TPSA) is 64.4 Å². The lowest BCUT2D eigenvalue weighted by Gasteiger charge is -2.29. The van der Waals surface area contributed by atoms with E-state index in [9.17, 15) is 23.3 Å². The molecule has 0 aliphatic carbocycles. The zero-order chi connectivity index (χ0) is 15.6. The van der Waals surface area contributed by atoms with Crippen molar-refractivity contribution in [2.24, 2.45) is 0 Å². The van der Waals surface area contributed by atoms with Crippen molar-refractivity contribution < 1.29 is 22.8 Å². The van der Waals surface area contributed by atoms with Crippen molar-refractivity contribution in [3.05, 3.63) is 33.9 Å². The van der Waals surface area contributed by atoms with Crippen LogP contribution in [0, 0.1) is 10.1 Å². The molecule has 1 aliphatic heterocycles. The van der Waals surface area contributed by atoms with Crippen LogP contribution in [-0.2, 0) is 10.9 Å². The zero-order valence-electron chi connectivity index (χ0n) is 11.3. The number of nitrogens with one attached hydrogen (secondary N) is 1. The Labute approximate surface area is 119 Å². The zero-order valence-corrected chi connectivity index (χ0v) is 11.3. The summed E-state index contributed by atoms with van der Waals surface area (Å²) in [5.41, 5.74) is -1.73. The number of nitrogens with zero attached hydrogens (tertiary/aromatic N) is 1. The van der Waals surface area contributed by atoms with Gasteiger partial charge < -0.3 is 10.1 Å². The predicted molar refractivity (Wildman–Crippen MR) is 70.2 cm³/mol. The van der Waals surface area contributed by atoms with Crippen LogP contribution in [0.1, 0.15) is 25.3 Å². The SMILES string of the molecule is CC1CC(Nc2ccc([N+](=O)[O-])cc2C(F)(F)F)CCO1. The first-order valence-electron chi connectivity index (χ1n) is 6.51. The molecule has 1 heterocycles. The summed E-state index contributed by atoms with van der Waals surface area (Å²) < 4.78 is 44.4. The molecule has 0 spiro atoms. The van der Waals surface area contributed by atoms with Gasteiger partial charge in [0.05, 0.1) is 16.6 Å². The van der Waals surface area contributed by atoms with Crippen molar-refractivity contribution >= 4 is 11.4 Å². The van der Waals surface area contributed by atoms with Gasteiger partial charge in [0.1, 0.15) is 0 Å². The summed E-state index contributed by atoms with van der Waals surface area (Å²) in [5, 5.41) is 13.5. The molecule has 2 rings (SSSR count). The molecule has 5 nitrogen and oxygen atoms in total. The summed E-state index contributed by atoms with van der Waals surface area (Å²) in [6.07, 6.45) is -3.48. The van der Waals surface area contributed by atoms with Crippen molar-refractivity contribution in [1.82, 2.24) is 0 Å². The number of non-ortho nitro benzene ring substituents is 1. The molecule has 2 atom stereocenters. The molecule has 1 saturated heterocycles. The number of hydrogen-bond donors (Lipinski definition) is 1. The second kappa shape index (κ2) is 5.88. The summed E-state index contributed by atoms with van der Waals surface area (Å²) in [6.45, 7) is 2.33. The molecule has 0 radical (unpaired) electrons. The van der Waals surface area contributed by atoms with E-state index in [1.165, 1.54) is 0 Å². The molecule has 1 aromatic rings. The molecule has 0 bridgehead atoms. The molecule has 8 heteroatoms. The summed E-state index contributed by atoms with van der Waals surface area (Å²) in [6, 6.07) is 2.60. The minimum Gasteiger partial charge on any atom is -0.382 e. The monoisotopic (exact) mass is 304 g/mol. The van der Waals surface area contributed by atoms with Crippen molar-refractivity contribution in [2.45, 2.75) is 38.1 Å². The van der Waals surface area contributed by atoms with Gasteiger partial charge >= 0.3 is 6.18 Å². The van der Waals surface area contributed by atoms with Crippen LogP contribution in [0.15, 0.2) is 18.2 Å². The van der Waals surface area contributed by atoms with Crippen LogP contribution < -0.4 is 5.32 Å². The predicted octanol–water partition coefficient (Wildman–Crippen LogP) is 3.59. The first-order valence-corrected chi connectivity index (χ1v) is 6.51. The molecule has 116 valence electrons. The third-order valence-corrected chi connectivity index (χ3v) is 3.36. The lowest BCUT2D eigenvalue weighted by atomic mass is 10.0. The third kappa shape index (κ3) is 3.84. The summed E-state index contributed by atoms with van der Waals surface area (Å²) >= 11 is 0. The van der Waals surface area contributed by atoms with Crippen LogP contribution in [0.3, 0.4) is 0 Å². The highest BCUT2D eigenvalue weighted by molar-refractivity contribution is 5.58. The Balaban J connectivity index is 2.27. The smallest absolute Gasteiger partial charge is 0.382 e. The van der Waals surface area contributed by atoms with Crippen LogP contribution in [0.4, 0.5) is 24.5 Å². The second-order valence-electron chi connectivity index (χ2n) is 5.03. The van der Waals surface area contributed by atoms with E-state index in [-0.39, 0.29) is 17.8 Å². The fourth-order valence-corrected chi connectivity index (χ4v) is 2.36. The number of anilines is 1. The number of rotatable bonds is 3. The fraction of sp³-hybridized carbons (Fsp3) is 0.538. The molecule has 1 aromatic carbocycles. The molecule has 1 N–H and O–H groups in total. The first-order chi connectivity index (χ1) is 9.77. The highest BCUT2D eigenvalue weighted by Gasteiger charge is 2.36. The van der Waals surface area contributed by atoms with Crippen molar-refractivity contribution in [2.75, 3.05) is 11.9 Å². The number of ether oxygens (including phenoxy) is 1. The third-order valence-electron chi connectivity index (χ3n) is 3.36. The van der Waals surface area contributed by atoms with Gasteiger partial charge in [-0.25, -0.2) is 0 Å². The van der Waals surface area contributed by atoms with Gasteiger partial charge in [-0.2, -0.15) is 13.2 Å². The highest BCUT2D eigenvalue weighted by Crippen LogP contribution is 2.37. The maximum Gasteiger partial charge on any atom is 0.418 e. The van der Waals surface area contributed by atoms with E-state index in [0.29, 0.717) is 25.5 Å². The van der Waals surface area contributed by atoms with Crippen LogP contribution in [-0.4, -0.2) is 23.7 Å². The van der Waals surface area contributed by atoms with Gasteiger partial charge in [-0.05, 0) is 25.8 Å². The quantitative estimate of drug-likeness (QED) is 0.684. The van der Waals surface area contributed by atoms with Gasteiger partial charge in [0.15, 0.2) is 0 Å². The molecule has 0 aromatic heterocycles. The normalized spacial score (nSPS) is 22.9. The van der Waals surface area contributed by atoms with Crippen LogP contribution in [0.25, 0.3) is 0 Å². The number of nitro benzene ring substituents is 1. The van der Waals surface area contributed by atoms with Gasteiger partial charge in [-0.1, -0.05) is 0 Å². The van der Waals surface area contributed by atoms with E-state index in [0.717, 1.165) is 12.1 Å². The molecule has 0 amide bonds.